The largest absolute Gasteiger partial charge is 0.445 e. The van der Waals surface area contributed by atoms with Crippen LogP contribution in [-0.4, -0.2) is 76.6 Å². The van der Waals surface area contributed by atoms with Crippen molar-refractivity contribution in [2.45, 2.75) is 71.5 Å². The smallest absolute Gasteiger partial charge is 0.331 e. The zero-order valence-corrected chi connectivity index (χ0v) is 17.7. The Bertz CT molecular complexity index is 1040. The van der Waals surface area contributed by atoms with Gasteiger partial charge in [0.2, 0.25) is 11.7 Å². The van der Waals surface area contributed by atoms with Crippen LogP contribution < -0.4 is 0 Å². The highest BCUT2D eigenvalue weighted by Gasteiger charge is 2.98. The maximum Gasteiger partial charge on any atom is 0.445 e. The Labute approximate surface area is 208 Å². The van der Waals surface area contributed by atoms with Crippen LogP contribution in [0.5, 0.6) is 0 Å². The average Bonchev–Trinajstić information content (AvgIpc) is 2.75. The zero-order valence-electron chi connectivity index (χ0n) is 17.7. The van der Waals surface area contributed by atoms with Crippen LogP contribution in [-0.2, 0) is 0 Å². The summed E-state index contributed by atoms with van der Waals surface area (Å²) < 4.78 is 352. The Morgan fingerprint density at radius 2 is 0.476 bits per heavy atom. The van der Waals surface area contributed by atoms with Gasteiger partial charge in [-0.15, -0.1) is 0 Å². The van der Waals surface area contributed by atoms with Gasteiger partial charge in [-0.25, -0.2) is 4.39 Å². The molecule has 0 spiro atoms. The second-order valence-electron chi connectivity index (χ2n) is 7.41. The Morgan fingerprint density at radius 1 is 0.286 bits per heavy atom. The predicted octanol–water partition coefficient (Wildman–Crippen LogP) is 8.64. The summed E-state index contributed by atoms with van der Waals surface area (Å²) in [6.07, 6.45) is -15.0. The van der Waals surface area contributed by atoms with E-state index in [0.29, 0.717) is 0 Å². The molecule has 0 aliphatic rings. The molecule has 0 bridgehead atoms. The molecule has 0 rings (SSSR count). The van der Waals surface area contributed by atoms with Gasteiger partial charge in [0, 0.05) is 0 Å². The van der Waals surface area contributed by atoms with Crippen LogP contribution in [0.1, 0.15) is 0 Å². The molecule has 0 heterocycles. The van der Waals surface area contributed by atoms with E-state index in [0.717, 1.165) is 0 Å². The fraction of sp³-hybridized carbons (Fsp3) is 0.857. The fourth-order valence-electron chi connectivity index (χ4n) is 2.17. The van der Waals surface area contributed by atoms with Crippen LogP contribution in [0, 0.1) is 0 Å². The third kappa shape index (κ3) is 4.75. The summed E-state index contributed by atoms with van der Waals surface area (Å²) in [6.45, 7) is 0. The van der Waals surface area contributed by atoms with E-state index in [2.05, 4.69) is 0 Å². The summed E-state index contributed by atoms with van der Waals surface area (Å²) in [7, 11) is 0. The van der Waals surface area contributed by atoms with Crippen molar-refractivity contribution < 1.29 is 124 Å². The van der Waals surface area contributed by atoms with Crippen LogP contribution in [0.25, 0.3) is 0 Å². The molecule has 0 aromatic rings. The first-order valence-electron chi connectivity index (χ1n) is 8.58. The molecule has 1 nitrogen and oxygen atoms in total. The van der Waals surface area contributed by atoms with Crippen molar-refractivity contribution in [1.29, 1.82) is 0 Å². The minimum absolute atomic E-state index is 5.24. The maximum atomic E-state index is 13.5. The highest BCUT2D eigenvalue weighted by molar-refractivity contribution is 5.24. The van der Waals surface area contributed by atoms with E-state index in [9.17, 15) is 119 Å². The van der Waals surface area contributed by atoms with Crippen molar-refractivity contribution in [3.05, 3.63) is 11.7 Å². The molecule has 0 amide bonds. The number of halogens is 27. The zero-order chi connectivity index (χ0) is 35.2. The number of aliphatic hydroxyl groups is 1. The molecule has 0 aliphatic heterocycles. The van der Waals surface area contributed by atoms with E-state index in [-0.39, 0.29) is 0 Å². The standard InChI is InChI=1S/C14HF27O/c15-1(2(16)4(19,20)21)3(17,18)5(22,23)6(24,25)7(26,27)8(28,29)9(30,31)10(32,33)11(34,35)12(36,37)13(38,39)14(40,41)42/h42H/b2-1+. The molecular weight excluding hydrogens is 697 g/mol. The monoisotopic (exact) mass is 698 g/mol. The Morgan fingerprint density at radius 3 is 0.667 bits per heavy atom. The van der Waals surface area contributed by atoms with Gasteiger partial charge in [0.15, 0.2) is 0 Å². The highest BCUT2D eigenvalue weighted by Crippen LogP contribution is 2.67. The second kappa shape index (κ2) is 9.65. The van der Waals surface area contributed by atoms with Crippen LogP contribution in [0.3, 0.4) is 0 Å². The summed E-state index contributed by atoms with van der Waals surface area (Å²) in [5.74, 6) is -104. The molecule has 42 heavy (non-hydrogen) atoms. The quantitative estimate of drug-likeness (QED) is 0.215. The lowest BCUT2D eigenvalue weighted by Crippen LogP contribution is -2.77. The van der Waals surface area contributed by atoms with Crippen molar-refractivity contribution in [1.82, 2.24) is 0 Å². The van der Waals surface area contributed by atoms with Gasteiger partial charge in [-0.1, -0.05) is 0 Å². The Hall–Kier alpha value is -2.19. The molecule has 0 radical (unpaired) electrons. The Balaban J connectivity index is 7.43. The number of hydrogen-bond acceptors (Lipinski definition) is 1. The topological polar surface area (TPSA) is 20.2 Å². The van der Waals surface area contributed by atoms with E-state index >= 15 is 0 Å². The van der Waals surface area contributed by atoms with Gasteiger partial charge in [0.1, 0.15) is 0 Å². The molecule has 0 aromatic carbocycles. The summed E-state index contributed by atoms with van der Waals surface area (Å²) >= 11 is 0. The van der Waals surface area contributed by atoms with E-state index < -0.39 is 83.2 Å². The van der Waals surface area contributed by atoms with Gasteiger partial charge < -0.3 is 5.11 Å². The molecule has 0 aliphatic carbocycles. The SMILES string of the molecule is OC(F)(F)C(F)(F)C(F)(F)C(F)(F)C(F)(F)C(F)(F)C(F)(F)C(F)(F)C(F)(F)C(F)(F)C(F)(F)/C(F)=C(\F)C(F)(F)F. The van der Waals surface area contributed by atoms with Gasteiger partial charge in [-0.05, 0) is 0 Å². The first-order chi connectivity index (χ1) is 17.6. The van der Waals surface area contributed by atoms with Crippen LogP contribution in [0.15, 0.2) is 11.7 Å². The summed E-state index contributed by atoms with van der Waals surface area (Å²) in [5.41, 5.74) is 0. The number of alkyl halides is 25. The molecular formula is C14HF27O. The maximum absolute atomic E-state index is 13.5. The molecule has 0 saturated heterocycles. The molecule has 28 heteroatoms. The molecule has 0 fully saturated rings. The van der Waals surface area contributed by atoms with E-state index in [1.807, 2.05) is 0 Å². The van der Waals surface area contributed by atoms with Gasteiger partial charge >= 0.3 is 71.5 Å². The number of rotatable bonds is 11. The van der Waals surface area contributed by atoms with E-state index in [1.54, 1.807) is 0 Å². The minimum atomic E-state index is -9.72. The molecule has 0 aromatic heterocycles. The van der Waals surface area contributed by atoms with E-state index in [4.69, 9.17) is 5.11 Å². The molecule has 1 N–H and O–H groups in total. The normalized spacial score (nSPS) is 17.4. The van der Waals surface area contributed by atoms with Crippen molar-refractivity contribution in [2.75, 3.05) is 0 Å². The van der Waals surface area contributed by atoms with E-state index in [1.165, 1.54) is 0 Å². The summed E-state index contributed by atoms with van der Waals surface area (Å²) in [6, 6.07) is 0. The predicted molar refractivity (Wildman–Crippen MR) is 71.9 cm³/mol. The van der Waals surface area contributed by atoms with Gasteiger partial charge in [-0.2, -0.15) is 114 Å². The first-order valence-corrected chi connectivity index (χ1v) is 8.58. The van der Waals surface area contributed by atoms with Crippen molar-refractivity contribution in [3.63, 3.8) is 0 Å². The molecule has 252 valence electrons. The fourth-order valence-corrected chi connectivity index (χ4v) is 2.17. The molecule has 0 atom stereocenters. The van der Waals surface area contributed by atoms with Crippen molar-refractivity contribution in [2.24, 2.45) is 0 Å². The summed E-state index contributed by atoms with van der Waals surface area (Å²) in [4.78, 5) is 0. The third-order valence-corrected chi connectivity index (χ3v) is 4.64. The molecule has 0 unspecified atom stereocenters. The second-order valence-corrected chi connectivity index (χ2v) is 7.41. The Kier molecular flexibility index (Phi) is 9.15. The average molecular weight is 698 g/mol. The lowest BCUT2D eigenvalue weighted by atomic mass is 9.85. The van der Waals surface area contributed by atoms with Crippen LogP contribution >= 0.6 is 0 Å². The number of hydrogen-bond donors (Lipinski definition) is 1. The van der Waals surface area contributed by atoms with Gasteiger partial charge in [0.05, 0.1) is 0 Å². The summed E-state index contributed by atoms with van der Waals surface area (Å²) in [5, 5.41) is 7.43. The van der Waals surface area contributed by atoms with Crippen LogP contribution in [0.4, 0.5) is 119 Å². The van der Waals surface area contributed by atoms with Crippen LogP contribution in [0.2, 0.25) is 0 Å². The van der Waals surface area contributed by atoms with Crippen molar-refractivity contribution in [3.8, 4) is 0 Å². The van der Waals surface area contributed by atoms with Crippen molar-refractivity contribution >= 4 is 0 Å². The van der Waals surface area contributed by atoms with Gasteiger partial charge in [0.25, 0.3) is 0 Å². The minimum Gasteiger partial charge on any atom is -0.331 e. The lowest BCUT2D eigenvalue weighted by molar-refractivity contribution is -0.482. The molecule has 0 saturated carbocycles. The van der Waals surface area contributed by atoms with Gasteiger partial charge in [-0.3, -0.25) is 0 Å². The highest BCUT2D eigenvalue weighted by atomic mass is 19.4. The number of allylic oxidation sites excluding steroid dienone is 2. The third-order valence-electron chi connectivity index (χ3n) is 4.64. The first kappa shape index (κ1) is 39.8. The lowest BCUT2D eigenvalue weighted by Gasteiger charge is -2.45.